The van der Waals surface area contributed by atoms with Gasteiger partial charge in [-0.1, -0.05) is 18.6 Å². The average Bonchev–Trinajstić information content (AvgIpc) is 2.36. The zero-order valence-electron chi connectivity index (χ0n) is 11.5. The zero-order valence-corrected chi connectivity index (χ0v) is 11.5. The van der Waals surface area contributed by atoms with Gasteiger partial charge in [0.15, 0.2) is 0 Å². The predicted octanol–water partition coefficient (Wildman–Crippen LogP) is 1.29. The molecule has 0 radical (unpaired) electrons. The highest BCUT2D eigenvalue weighted by Gasteiger charge is 2.25. The lowest BCUT2D eigenvalue weighted by Gasteiger charge is -2.36. The van der Waals surface area contributed by atoms with Crippen LogP contribution < -0.4 is 5.32 Å². The number of nitrogens with one attached hydrogen (secondary N) is 1. The molecule has 0 aliphatic heterocycles. The smallest absolute Gasteiger partial charge is 0.234 e. The van der Waals surface area contributed by atoms with E-state index in [1.807, 2.05) is 4.90 Å². The van der Waals surface area contributed by atoms with Crippen molar-refractivity contribution in [1.29, 1.82) is 0 Å². The molecule has 1 aliphatic carbocycles. The van der Waals surface area contributed by atoms with E-state index in [4.69, 9.17) is 5.11 Å². The van der Waals surface area contributed by atoms with Gasteiger partial charge in [0.1, 0.15) is 5.82 Å². The van der Waals surface area contributed by atoms with E-state index >= 15 is 0 Å². The average molecular weight is 280 g/mol. The Morgan fingerprint density at radius 1 is 1.35 bits per heavy atom. The Morgan fingerprint density at radius 3 is 2.60 bits per heavy atom. The third-order valence-electron chi connectivity index (χ3n) is 3.73. The first-order valence-electron chi connectivity index (χ1n) is 7.05. The lowest BCUT2D eigenvalue weighted by Crippen LogP contribution is -2.47. The van der Waals surface area contributed by atoms with Crippen molar-refractivity contribution in [2.24, 2.45) is 0 Å². The van der Waals surface area contributed by atoms with Crippen LogP contribution in [0.1, 0.15) is 24.8 Å². The van der Waals surface area contributed by atoms with Crippen LogP contribution in [0.3, 0.4) is 0 Å². The molecule has 0 spiro atoms. The van der Waals surface area contributed by atoms with Crippen LogP contribution in [0.5, 0.6) is 0 Å². The standard InChI is InChI=1S/C15H21FN2O2/c16-13-6-4-12(5-7-13)10-17-15(20)11-18(8-9-19)14-2-1-3-14/h4-7,14,19H,1-3,8-11H2,(H,17,20). The first-order chi connectivity index (χ1) is 9.69. The summed E-state index contributed by atoms with van der Waals surface area (Å²) in [6, 6.07) is 6.51. The van der Waals surface area contributed by atoms with Gasteiger partial charge < -0.3 is 10.4 Å². The number of benzene rings is 1. The fourth-order valence-electron chi connectivity index (χ4n) is 2.31. The van der Waals surface area contributed by atoms with E-state index < -0.39 is 0 Å². The summed E-state index contributed by atoms with van der Waals surface area (Å²) in [7, 11) is 0. The molecule has 20 heavy (non-hydrogen) atoms. The second kappa shape index (κ2) is 7.36. The molecule has 0 atom stereocenters. The Bertz CT molecular complexity index is 432. The van der Waals surface area contributed by atoms with Gasteiger partial charge in [-0.15, -0.1) is 0 Å². The Balaban J connectivity index is 1.77. The van der Waals surface area contributed by atoms with Gasteiger partial charge in [0.05, 0.1) is 13.2 Å². The molecule has 0 aromatic heterocycles. The van der Waals surface area contributed by atoms with E-state index in [0.29, 0.717) is 25.7 Å². The molecule has 1 aromatic carbocycles. The van der Waals surface area contributed by atoms with Crippen LogP contribution in [0.4, 0.5) is 4.39 Å². The highest BCUT2D eigenvalue weighted by atomic mass is 19.1. The Hall–Kier alpha value is -1.46. The molecule has 1 fully saturated rings. The van der Waals surface area contributed by atoms with E-state index in [1.54, 1.807) is 12.1 Å². The number of aliphatic hydroxyl groups is 1. The fraction of sp³-hybridized carbons (Fsp3) is 0.533. The van der Waals surface area contributed by atoms with Crippen LogP contribution in [0.15, 0.2) is 24.3 Å². The molecular formula is C15H21FN2O2. The molecule has 110 valence electrons. The lowest BCUT2D eigenvalue weighted by molar-refractivity contribution is -0.123. The minimum absolute atomic E-state index is 0.0605. The normalized spacial score (nSPS) is 15.2. The van der Waals surface area contributed by atoms with Crippen LogP contribution in [0, 0.1) is 5.82 Å². The molecule has 5 heteroatoms. The van der Waals surface area contributed by atoms with E-state index in [0.717, 1.165) is 18.4 Å². The maximum atomic E-state index is 12.8. The van der Waals surface area contributed by atoms with Gasteiger partial charge in [-0.25, -0.2) is 4.39 Å². The molecule has 1 saturated carbocycles. The number of hydrogen-bond donors (Lipinski definition) is 2. The number of hydrogen-bond acceptors (Lipinski definition) is 3. The molecule has 2 rings (SSSR count). The van der Waals surface area contributed by atoms with Crippen LogP contribution in [0.2, 0.25) is 0 Å². The lowest BCUT2D eigenvalue weighted by atomic mass is 9.91. The van der Waals surface area contributed by atoms with Crippen molar-refractivity contribution in [1.82, 2.24) is 10.2 Å². The summed E-state index contributed by atoms with van der Waals surface area (Å²) >= 11 is 0. The van der Waals surface area contributed by atoms with Crippen LogP contribution in [-0.4, -0.2) is 41.7 Å². The third-order valence-corrected chi connectivity index (χ3v) is 3.73. The zero-order chi connectivity index (χ0) is 14.4. The van der Waals surface area contributed by atoms with Crippen LogP contribution >= 0.6 is 0 Å². The highest BCUT2D eigenvalue weighted by molar-refractivity contribution is 5.78. The van der Waals surface area contributed by atoms with Gasteiger partial charge in [0.25, 0.3) is 0 Å². The summed E-state index contributed by atoms with van der Waals surface area (Å²) in [4.78, 5) is 13.9. The first kappa shape index (κ1) is 14.9. The summed E-state index contributed by atoms with van der Waals surface area (Å²) in [6.07, 6.45) is 3.40. The molecular weight excluding hydrogens is 259 g/mol. The van der Waals surface area contributed by atoms with Crippen molar-refractivity contribution < 1.29 is 14.3 Å². The highest BCUT2D eigenvalue weighted by Crippen LogP contribution is 2.24. The van der Waals surface area contributed by atoms with Crippen LogP contribution in [-0.2, 0) is 11.3 Å². The molecule has 1 aliphatic rings. The van der Waals surface area contributed by atoms with Gasteiger partial charge in [-0.3, -0.25) is 9.69 Å². The van der Waals surface area contributed by atoms with E-state index in [1.165, 1.54) is 18.6 Å². The second-order valence-electron chi connectivity index (χ2n) is 5.18. The van der Waals surface area contributed by atoms with Gasteiger partial charge in [0.2, 0.25) is 5.91 Å². The van der Waals surface area contributed by atoms with Crippen molar-refractivity contribution in [3.8, 4) is 0 Å². The summed E-state index contributed by atoms with van der Waals surface area (Å²) in [5.74, 6) is -0.339. The fourth-order valence-corrected chi connectivity index (χ4v) is 2.31. The second-order valence-corrected chi connectivity index (χ2v) is 5.18. The summed E-state index contributed by atoms with van der Waals surface area (Å²) in [5, 5.41) is 11.9. The number of nitrogens with zero attached hydrogens (tertiary/aromatic N) is 1. The number of aliphatic hydroxyl groups excluding tert-OH is 1. The van der Waals surface area contributed by atoms with Crippen molar-refractivity contribution in [3.63, 3.8) is 0 Å². The van der Waals surface area contributed by atoms with Gasteiger partial charge in [0, 0.05) is 19.1 Å². The third kappa shape index (κ3) is 4.28. The van der Waals surface area contributed by atoms with Crippen molar-refractivity contribution >= 4 is 5.91 Å². The van der Waals surface area contributed by atoms with Gasteiger partial charge in [-0.2, -0.15) is 0 Å². The van der Waals surface area contributed by atoms with Crippen molar-refractivity contribution in [2.45, 2.75) is 31.8 Å². The molecule has 0 saturated heterocycles. The van der Waals surface area contributed by atoms with Gasteiger partial charge in [-0.05, 0) is 30.5 Å². The molecule has 4 nitrogen and oxygen atoms in total. The maximum Gasteiger partial charge on any atom is 0.234 e. The summed E-state index contributed by atoms with van der Waals surface area (Å²) < 4.78 is 12.8. The van der Waals surface area contributed by atoms with E-state index in [2.05, 4.69) is 5.32 Å². The van der Waals surface area contributed by atoms with E-state index in [-0.39, 0.29) is 18.3 Å². The quantitative estimate of drug-likeness (QED) is 0.791. The molecule has 0 bridgehead atoms. The minimum Gasteiger partial charge on any atom is -0.395 e. The molecule has 1 amide bonds. The van der Waals surface area contributed by atoms with E-state index in [9.17, 15) is 9.18 Å². The minimum atomic E-state index is -0.279. The number of rotatable bonds is 7. The maximum absolute atomic E-state index is 12.8. The van der Waals surface area contributed by atoms with Crippen molar-refractivity contribution in [3.05, 3.63) is 35.6 Å². The van der Waals surface area contributed by atoms with Crippen molar-refractivity contribution in [2.75, 3.05) is 19.7 Å². The predicted molar refractivity (Wildman–Crippen MR) is 74.5 cm³/mol. The SMILES string of the molecule is O=C(CN(CCO)C1CCC1)NCc1ccc(F)cc1. The number of halogens is 1. The number of carbonyl (C=O) groups excluding carboxylic acids is 1. The van der Waals surface area contributed by atoms with Gasteiger partial charge >= 0.3 is 0 Å². The monoisotopic (exact) mass is 280 g/mol. The molecule has 1 aromatic rings. The van der Waals surface area contributed by atoms with Crippen LogP contribution in [0.25, 0.3) is 0 Å². The molecule has 2 N–H and O–H groups in total. The molecule has 0 unspecified atom stereocenters. The number of amides is 1. The largest absolute Gasteiger partial charge is 0.395 e. The Morgan fingerprint density at radius 2 is 2.05 bits per heavy atom. The Labute approximate surface area is 118 Å². The Kier molecular flexibility index (Phi) is 5.49. The summed E-state index contributed by atoms with van der Waals surface area (Å²) in [5.41, 5.74) is 0.872. The summed E-state index contributed by atoms with van der Waals surface area (Å²) in [6.45, 7) is 1.32. The number of carbonyl (C=O) groups is 1. The molecule has 0 heterocycles. The topological polar surface area (TPSA) is 52.6 Å². The first-order valence-corrected chi connectivity index (χ1v) is 7.05.